The van der Waals surface area contributed by atoms with Gasteiger partial charge in [-0.3, -0.25) is 9.48 Å². The summed E-state index contributed by atoms with van der Waals surface area (Å²) in [6, 6.07) is 11.6. The van der Waals surface area contributed by atoms with E-state index >= 15 is 0 Å². The fraction of sp³-hybridized carbons (Fsp3) is 0.500. The fourth-order valence-corrected chi connectivity index (χ4v) is 7.13. The number of aromatic nitrogens is 2. The third kappa shape index (κ3) is 3.23. The van der Waals surface area contributed by atoms with Crippen LogP contribution >= 0.6 is 0 Å². The maximum Gasteiger partial charge on any atom is 0.256 e. The minimum absolute atomic E-state index is 0.00683. The Kier molecular flexibility index (Phi) is 4.45. The van der Waals surface area contributed by atoms with Crippen molar-refractivity contribution in [3.63, 3.8) is 0 Å². The van der Waals surface area contributed by atoms with Crippen molar-refractivity contribution in [2.75, 3.05) is 18.4 Å². The lowest BCUT2D eigenvalue weighted by molar-refractivity contribution is 0.0958. The zero-order chi connectivity index (χ0) is 22.0. The normalized spacial score (nSPS) is 24.5. The summed E-state index contributed by atoms with van der Waals surface area (Å²) < 4.78 is 2.22. The third-order valence-corrected chi connectivity index (χ3v) is 9.15. The second-order valence-electron chi connectivity index (χ2n) is 11.0. The lowest BCUT2D eigenvalue weighted by Gasteiger charge is -2.41. The molecule has 170 valence electrons. The lowest BCUT2D eigenvalue weighted by Crippen LogP contribution is -2.41. The molecule has 2 saturated carbocycles. The molecular weight excluding hydrogens is 408 g/mol. The van der Waals surface area contributed by atoms with Crippen molar-refractivity contribution in [2.45, 2.75) is 69.9 Å². The SMILES string of the molecule is O=C1Nc2ccc(Cc3cnn(C4CCN(C5CCC6(CCC6)C5)CC4)c3)c3cccc1c23. The minimum Gasteiger partial charge on any atom is -0.321 e. The lowest BCUT2D eigenvalue weighted by atomic mass is 9.67. The highest BCUT2D eigenvalue weighted by atomic mass is 16.1. The van der Waals surface area contributed by atoms with E-state index in [9.17, 15) is 4.79 Å². The van der Waals surface area contributed by atoms with Crippen LogP contribution in [0.2, 0.25) is 0 Å². The standard InChI is InChI=1S/C28H32N4O/c33-27-24-4-1-3-23-20(5-6-25(30-27)26(23)24)15-19-17-29-32(18-19)21-8-13-31(14-9-21)22-7-12-28(16-22)10-2-11-28/h1,3-6,17-18,21-22H,2,7-16H2,(H,30,33). The van der Waals surface area contributed by atoms with Gasteiger partial charge < -0.3 is 10.2 Å². The third-order valence-electron chi connectivity index (χ3n) is 9.15. The molecule has 2 aromatic carbocycles. The molecule has 1 aromatic heterocycles. The summed E-state index contributed by atoms with van der Waals surface area (Å²) in [7, 11) is 0. The van der Waals surface area contributed by atoms with Crippen LogP contribution in [0, 0.1) is 5.41 Å². The number of hydrogen-bond acceptors (Lipinski definition) is 3. The predicted octanol–water partition coefficient (Wildman–Crippen LogP) is 5.55. The molecule has 0 radical (unpaired) electrons. The van der Waals surface area contributed by atoms with Crippen LogP contribution in [-0.4, -0.2) is 39.7 Å². The molecule has 3 heterocycles. The van der Waals surface area contributed by atoms with Crippen molar-refractivity contribution < 1.29 is 4.79 Å². The average molecular weight is 441 g/mol. The highest BCUT2D eigenvalue weighted by molar-refractivity contribution is 6.24. The van der Waals surface area contributed by atoms with Gasteiger partial charge in [0.05, 0.1) is 12.2 Å². The number of amides is 1. The first-order valence-corrected chi connectivity index (χ1v) is 12.8. The average Bonchev–Trinajstić information content (AvgIpc) is 3.54. The van der Waals surface area contributed by atoms with Crippen LogP contribution in [-0.2, 0) is 6.42 Å². The van der Waals surface area contributed by atoms with E-state index in [-0.39, 0.29) is 5.91 Å². The summed E-state index contributed by atoms with van der Waals surface area (Å²) in [4.78, 5) is 15.0. The van der Waals surface area contributed by atoms with Gasteiger partial charge >= 0.3 is 0 Å². The van der Waals surface area contributed by atoms with Gasteiger partial charge in [-0.05, 0) is 79.0 Å². The van der Waals surface area contributed by atoms with E-state index in [1.54, 1.807) is 0 Å². The first-order valence-electron chi connectivity index (χ1n) is 12.8. The van der Waals surface area contributed by atoms with Crippen LogP contribution in [0.25, 0.3) is 10.8 Å². The molecule has 3 aromatic rings. The first-order chi connectivity index (χ1) is 16.2. The molecule has 5 nitrogen and oxygen atoms in total. The predicted molar refractivity (Wildman–Crippen MR) is 131 cm³/mol. The van der Waals surface area contributed by atoms with Gasteiger partial charge in [0.15, 0.2) is 0 Å². The van der Waals surface area contributed by atoms with Crippen LogP contribution in [0.1, 0.15) is 78.9 Å². The molecule has 0 bridgehead atoms. The number of nitrogens with one attached hydrogen (secondary N) is 1. The number of hydrogen-bond donors (Lipinski definition) is 1. The smallest absolute Gasteiger partial charge is 0.256 e. The molecule has 2 aliphatic heterocycles. The molecule has 5 heteroatoms. The van der Waals surface area contributed by atoms with E-state index in [0.29, 0.717) is 6.04 Å². The Labute approximate surface area is 195 Å². The Morgan fingerprint density at radius 3 is 2.70 bits per heavy atom. The second-order valence-corrected chi connectivity index (χ2v) is 11.0. The number of rotatable bonds is 4. The maximum absolute atomic E-state index is 12.2. The highest BCUT2D eigenvalue weighted by Gasteiger charge is 2.45. The molecule has 4 aliphatic rings. The molecule has 2 aliphatic carbocycles. The fourth-order valence-electron chi connectivity index (χ4n) is 7.13. The van der Waals surface area contributed by atoms with Crippen molar-refractivity contribution in [3.8, 4) is 0 Å². The topological polar surface area (TPSA) is 50.2 Å². The molecule has 1 N–H and O–H groups in total. The Morgan fingerprint density at radius 2 is 1.91 bits per heavy atom. The Bertz CT molecular complexity index is 1230. The molecule has 1 saturated heterocycles. The Morgan fingerprint density at radius 1 is 1.03 bits per heavy atom. The zero-order valence-electron chi connectivity index (χ0n) is 19.2. The summed E-state index contributed by atoms with van der Waals surface area (Å²) in [5.74, 6) is 0.00683. The minimum atomic E-state index is 0.00683. The van der Waals surface area contributed by atoms with Crippen molar-refractivity contribution in [2.24, 2.45) is 5.41 Å². The van der Waals surface area contributed by atoms with Crippen molar-refractivity contribution in [3.05, 3.63) is 59.4 Å². The molecule has 1 amide bonds. The summed E-state index contributed by atoms with van der Waals surface area (Å²) in [5.41, 5.74) is 4.97. The Hall–Kier alpha value is -2.66. The molecule has 3 fully saturated rings. The molecule has 1 unspecified atom stereocenters. The number of nitrogens with zero attached hydrogens (tertiary/aromatic N) is 3. The number of carbonyl (C=O) groups is 1. The zero-order valence-corrected chi connectivity index (χ0v) is 19.2. The Balaban J connectivity index is 1.04. The second kappa shape index (κ2) is 7.42. The quantitative estimate of drug-likeness (QED) is 0.578. The highest BCUT2D eigenvalue weighted by Crippen LogP contribution is 2.54. The molecule has 1 atom stereocenters. The molecule has 33 heavy (non-hydrogen) atoms. The number of benzene rings is 2. The molecule has 1 spiro atoms. The largest absolute Gasteiger partial charge is 0.321 e. The van der Waals surface area contributed by atoms with Gasteiger partial charge in [-0.15, -0.1) is 0 Å². The van der Waals surface area contributed by atoms with E-state index in [2.05, 4.69) is 33.2 Å². The number of anilines is 1. The monoisotopic (exact) mass is 440 g/mol. The number of likely N-dealkylation sites (tertiary alicyclic amines) is 1. The number of piperidine rings is 1. The van der Waals surface area contributed by atoms with Gasteiger partial charge in [0, 0.05) is 48.4 Å². The van der Waals surface area contributed by atoms with Crippen LogP contribution in [0.4, 0.5) is 5.69 Å². The first kappa shape index (κ1) is 19.8. The van der Waals surface area contributed by atoms with Gasteiger partial charge in [-0.2, -0.15) is 5.10 Å². The van der Waals surface area contributed by atoms with E-state index in [0.717, 1.165) is 34.5 Å². The van der Waals surface area contributed by atoms with E-state index in [4.69, 9.17) is 5.10 Å². The van der Waals surface area contributed by atoms with Gasteiger partial charge in [0.2, 0.25) is 0 Å². The molecule has 7 rings (SSSR count). The summed E-state index contributed by atoms with van der Waals surface area (Å²) in [6.07, 6.45) is 16.3. The van der Waals surface area contributed by atoms with E-state index < -0.39 is 0 Å². The van der Waals surface area contributed by atoms with Crippen LogP contribution in [0.5, 0.6) is 0 Å². The van der Waals surface area contributed by atoms with Gasteiger partial charge in [-0.1, -0.05) is 24.6 Å². The van der Waals surface area contributed by atoms with Gasteiger partial charge in [-0.25, -0.2) is 0 Å². The summed E-state index contributed by atoms with van der Waals surface area (Å²) in [5, 5.41) is 10.00. The van der Waals surface area contributed by atoms with Crippen LogP contribution in [0.15, 0.2) is 42.7 Å². The number of carbonyl (C=O) groups excluding carboxylic acids is 1. The molecular formula is C28H32N4O. The van der Waals surface area contributed by atoms with Gasteiger partial charge in [0.1, 0.15) is 0 Å². The summed E-state index contributed by atoms with van der Waals surface area (Å²) >= 11 is 0. The van der Waals surface area contributed by atoms with Gasteiger partial charge in [0.25, 0.3) is 5.91 Å². The summed E-state index contributed by atoms with van der Waals surface area (Å²) in [6.45, 7) is 2.44. The van der Waals surface area contributed by atoms with E-state index in [1.165, 1.54) is 81.0 Å². The van der Waals surface area contributed by atoms with Crippen molar-refractivity contribution >= 4 is 22.4 Å². The van der Waals surface area contributed by atoms with Crippen LogP contribution in [0.3, 0.4) is 0 Å². The van der Waals surface area contributed by atoms with Crippen molar-refractivity contribution in [1.29, 1.82) is 0 Å². The van der Waals surface area contributed by atoms with Crippen molar-refractivity contribution in [1.82, 2.24) is 14.7 Å². The van der Waals surface area contributed by atoms with E-state index in [1.807, 2.05) is 24.4 Å². The van der Waals surface area contributed by atoms with Crippen LogP contribution < -0.4 is 5.32 Å². The maximum atomic E-state index is 12.2.